The Hall–Kier alpha value is -3.05. The van der Waals surface area contributed by atoms with Crippen molar-refractivity contribution in [1.82, 2.24) is 5.43 Å². The van der Waals surface area contributed by atoms with Crippen molar-refractivity contribution in [2.45, 2.75) is 13.3 Å². The van der Waals surface area contributed by atoms with Gasteiger partial charge in [-0.1, -0.05) is 48.9 Å². The summed E-state index contributed by atoms with van der Waals surface area (Å²) in [6.45, 7) is 2.52. The second kappa shape index (κ2) is 9.76. The van der Waals surface area contributed by atoms with Crippen LogP contribution in [0.1, 0.15) is 18.9 Å². The molecule has 1 amide bonds. The van der Waals surface area contributed by atoms with Gasteiger partial charge < -0.3 is 9.47 Å². The molecule has 0 fully saturated rings. The molecule has 5 nitrogen and oxygen atoms in total. The molecule has 28 heavy (non-hydrogen) atoms. The monoisotopic (exact) mass is 396 g/mol. The van der Waals surface area contributed by atoms with Gasteiger partial charge in [-0.15, -0.1) is 0 Å². The standard InChI is InChI=1S/C22H21ClN2O3/c1-2-13-27-21-12-7-16-5-3-4-6-19(16)20(21)14-24-25-22(26)15-28-18-10-8-17(23)9-11-18/h3-12,14H,2,13,15H2,1H3,(H,25,26)/b24-14-. The first kappa shape index (κ1) is 19.7. The Balaban J connectivity index is 1.67. The highest BCUT2D eigenvalue weighted by Gasteiger charge is 2.07. The third-order valence-corrected chi connectivity index (χ3v) is 4.21. The molecule has 0 spiro atoms. The second-order valence-corrected chi connectivity index (χ2v) is 6.52. The summed E-state index contributed by atoms with van der Waals surface area (Å²) < 4.78 is 11.2. The number of nitrogens with zero attached hydrogens (tertiary/aromatic N) is 1. The quantitative estimate of drug-likeness (QED) is 0.439. The molecule has 0 unspecified atom stereocenters. The van der Waals surface area contributed by atoms with E-state index in [4.69, 9.17) is 21.1 Å². The lowest BCUT2D eigenvalue weighted by Gasteiger charge is -2.11. The summed E-state index contributed by atoms with van der Waals surface area (Å²) >= 11 is 5.82. The lowest BCUT2D eigenvalue weighted by molar-refractivity contribution is -0.123. The minimum atomic E-state index is -0.359. The minimum absolute atomic E-state index is 0.145. The number of amides is 1. The molecular formula is C22H21ClN2O3. The van der Waals surface area contributed by atoms with Crippen molar-refractivity contribution < 1.29 is 14.3 Å². The molecule has 3 rings (SSSR count). The molecule has 0 saturated heterocycles. The predicted molar refractivity (Wildman–Crippen MR) is 112 cm³/mol. The van der Waals surface area contributed by atoms with E-state index in [9.17, 15) is 4.79 Å². The van der Waals surface area contributed by atoms with Gasteiger partial charge in [-0.25, -0.2) is 5.43 Å². The average Bonchev–Trinajstić information content (AvgIpc) is 2.72. The summed E-state index contributed by atoms with van der Waals surface area (Å²) in [5.41, 5.74) is 3.31. The topological polar surface area (TPSA) is 59.9 Å². The highest BCUT2D eigenvalue weighted by atomic mass is 35.5. The van der Waals surface area contributed by atoms with E-state index >= 15 is 0 Å². The molecule has 0 aliphatic heterocycles. The number of carbonyl (C=O) groups is 1. The van der Waals surface area contributed by atoms with Gasteiger partial charge in [-0.2, -0.15) is 5.10 Å². The summed E-state index contributed by atoms with van der Waals surface area (Å²) in [7, 11) is 0. The highest BCUT2D eigenvalue weighted by Crippen LogP contribution is 2.26. The van der Waals surface area contributed by atoms with Crippen molar-refractivity contribution in [3.63, 3.8) is 0 Å². The summed E-state index contributed by atoms with van der Waals surface area (Å²) in [6, 6.07) is 18.7. The largest absolute Gasteiger partial charge is 0.493 e. The van der Waals surface area contributed by atoms with Crippen molar-refractivity contribution >= 4 is 34.5 Å². The average molecular weight is 397 g/mol. The maximum Gasteiger partial charge on any atom is 0.277 e. The Bertz CT molecular complexity index is 971. The van der Waals surface area contributed by atoms with Crippen LogP contribution in [0.25, 0.3) is 10.8 Å². The van der Waals surface area contributed by atoms with Gasteiger partial charge in [0, 0.05) is 10.6 Å². The van der Waals surface area contributed by atoms with Crippen LogP contribution < -0.4 is 14.9 Å². The number of rotatable bonds is 8. The molecule has 3 aromatic carbocycles. The molecule has 0 atom stereocenters. The molecule has 0 aromatic heterocycles. The van der Waals surface area contributed by atoms with Gasteiger partial charge in [0.1, 0.15) is 11.5 Å². The fourth-order valence-corrected chi connectivity index (χ4v) is 2.75. The number of ether oxygens (including phenoxy) is 2. The van der Waals surface area contributed by atoms with Gasteiger partial charge in [-0.3, -0.25) is 4.79 Å². The van der Waals surface area contributed by atoms with E-state index in [0.29, 0.717) is 17.4 Å². The van der Waals surface area contributed by atoms with Gasteiger partial charge in [0.25, 0.3) is 5.91 Å². The van der Waals surface area contributed by atoms with Crippen LogP contribution in [-0.2, 0) is 4.79 Å². The van der Waals surface area contributed by atoms with E-state index in [1.807, 2.05) is 36.4 Å². The van der Waals surface area contributed by atoms with E-state index in [-0.39, 0.29) is 12.5 Å². The first-order chi connectivity index (χ1) is 13.7. The lowest BCUT2D eigenvalue weighted by atomic mass is 10.0. The van der Waals surface area contributed by atoms with Crippen LogP contribution in [-0.4, -0.2) is 25.3 Å². The number of nitrogens with one attached hydrogen (secondary N) is 1. The maximum atomic E-state index is 12.0. The normalized spacial score (nSPS) is 10.9. The highest BCUT2D eigenvalue weighted by molar-refractivity contribution is 6.30. The van der Waals surface area contributed by atoms with Crippen molar-refractivity contribution in [3.8, 4) is 11.5 Å². The first-order valence-corrected chi connectivity index (χ1v) is 9.40. The van der Waals surface area contributed by atoms with Gasteiger partial charge in [-0.05, 0) is 47.5 Å². The Kier molecular flexibility index (Phi) is 6.87. The van der Waals surface area contributed by atoms with Crippen LogP contribution in [0.5, 0.6) is 11.5 Å². The number of hydrogen-bond acceptors (Lipinski definition) is 4. The van der Waals surface area contributed by atoms with E-state index in [1.165, 1.54) is 0 Å². The van der Waals surface area contributed by atoms with Crippen molar-refractivity contribution in [1.29, 1.82) is 0 Å². The van der Waals surface area contributed by atoms with Crippen LogP contribution in [0, 0.1) is 0 Å². The van der Waals surface area contributed by atoms with E-state index in [2.05, 4.69) is 17.5 Å². The second-order valence-electron chi connectivity index (χ2n) is 6.08. The summed E-state index contributed by atoms with van der Waals surface area (Å²) in [6.07, 6.45) is 2.51. The van der Waals surface area contributed by atoms with Crippen molar-refractivity contribution in [2.24, 2.45) is 5.10 Å². The molecule has 0 bridgehead atoms. The maximum absolute atomic E-state index is 12.0. The molecule has 6 heteroatoms. The number of carbonyl (C=O) groups excluding carboxylic acids is 1. The summed E-state index contributed by atoms with van der Waals surface area (Å²) in [5, 5.41) is 6.77. The van der Waals surface area contributed by atoms with E-state index < -0.39 is 0 Å². The number of hydrogen-bond donors (Lipinski definition) is 1. The third kappa shape index (κ3) is 5.24. The molecule has 0 aliphatic rings. The number of benzene rings is 3. The van der Waals surface area contributed by atoms with Crippen LogP contribution in [0.15, 0.2) is 65.8 Å². The van der Waals surface area contributed by atoms with E-state index in [0.717, 1.165) is 28.5 Å². The Morgan fingerprint density at radius 1 is 1.07 bits per heavy atom. The fourth-order valence-electron chi connectivity index (χ4n) is 2.63. The van der Waals surface area contributed by atoms with Crippen LogP contribution in [0.3, 0.4) is 0 Å². The van der Waals surface area contributed by atoms with Gasteiger partial charge in [0.15, 0.2) is 6.61 Å². The predicted octanol–water partition coefficient (Wildman–Crippen LogP) is 4.81. The molecule has 144 valence electrons. The van der Waals surface area contributed by atoms with Crippen LogP contribution in [0.4, 0.5) is 0 Å². The SMILES string of the molecule is CCCOc1ccc2ccccc2c1/C=N\NC(=O)COc1ccc(Cl)cc1. The third-order valence-electron chi connectivity index (χ3n) is 3.96. The summed E-state index contributed by atoms with van der Waals surface area (Å²) in [5.74, 6) is 0.936. The zero-order valence-electron chi connectivity index (χ0n) is 15.5. The Morgan fingerprint density at radius 2 is 1.86 bits per heavy atom. The zero-order valence-corrected chi connectivity index (χ0v) is 16.3. The smallest absolute Gasteiger partial charge is 0.277 e. The van der Waals surface area contributed by atoms with Gasteiger partial charge in [0.2, 0.25) is 0 Å². The molecule has 1 N–H and O–H groups in total. The number of hydrazone groups is 1. The van der Waals surface area contributed by atoms with E-state index in [1.54, 1.807) is 30.5 Å². The molecule has 3 aromatic rings. The molecule has 0 heterocycles. The van der Waals surface area contributed by atoms with Crippen molar-refractivity contribution in [3.05, 3.63) is 71.2 Å². The van der Waals surface area contributed by atoms with Crippen molar-refractivity contribution in [2.75, 3.05) is 13.2 Å². The molecule has 0 aliphatic carbocycles. The first-order valence-electron chi connectivity index (χ1n) is 9.02. The zero-order chi connectivity index (χ0) is 19.8. The molecule has 0 radical (unpaired) electrons. The van der Waals surface area contributed by atoms with Gasteiger partial charge in [0.05, 0.1) is 12.8 Å². The Morgan fingerprint density at radius 3 is 2.64 bits per heavy atom. The minimum Gasteiger partial charge on any atom is -0.493 e. The molecular weight excluding hydrogens is 376 g/mol. The van der Waals surface area contributed by atoms with Crippen LogP contribution >= 0.6 is 11.6 Å². The fraction of sp³-hybridized carbons (Fsp3) is 0.182. The molecule has 0 saturated carbocycles. The lowest BCUT2D eigenvalue weighted by Crippen LogP contribution is -2.24. The number of fused-ring (bicyclic) bond motifs is 1. The summed E-state index contributed by atoms with van der Waals surface area (Å²) in [4.78, 5) is 12.0. The van der Waals surface area contributed by atoms with Gasteiger partial charge >= 0.3 is 0 Å². The van der Waals surface area contributed by atoms with Crippen LogP contribution in [0.2, 0.25) is 5.02 Å². The Labute approximate surface area is 168 Å². The number of halogens is 1.